The molecule has 2 aromatic carbocycles. The highest BCUT2D eigenvalue weighted by Crippen LogP contribution is 2.20. The fourth-order valence-corrected chi connectivity index (χ4v) is 5.31. The van der Waals surface area contributed by atoms with Crippen LogP contribution in [0.4, 0.5) is 5.69 Å². The van der Waals surface area contributed by atoms with Gasteiger partial charge in [0, 0.05) is 12.7 Å². The number of nitrogens with zero attached hydrogens (tertiary/aromatic N) is 2. The number of para-hydroxylation sites is 1. The summed E-state index contributed by atoms with van der Waals surface area (Å²) in [6.45, 7) is 8.14. The molecule has 6 nitrogen and oxygen atoms in total. The van der Waals surface area contributed by atoms with E-state index in [-0.39, 0.29) is 11.9 Å². The maximum absolute atomic E-state index is 13.0. The van der Waals surface area contributed by atoms with Crippen LogP contribution in [0.15, 0.2) is 59.5 Å². The predicted octanol–water partition coefficient (Wildman–Crippen LogP) is 1.75. The number of hydrogen-bond donors (Lipinski definition) is 1. The third kappa shape index (κ3) is 4.74. The zero-order valence-electron chi connectivity index (χ0n) is 18.2. The Morgan fingerprint density at radius 2 is 1.53 bits per heavy atom. The largest absolute Gasteiger partial charge is 0.323 e. The van der Waals surface area contributed by atoms with Crippen LogP contribution in [0.2, 0.25) is 0 Å². The van der Waals surface area contributed by atoms with Crippen molar-refractivity contribution >= 4 is 21.6 Å². The van der Waals surface area contributed by atoms with Gasteiger partial charge in [-0.25, -0.2) is 8.42 Å². The number of carbonyl (C=O) groups excluding carboxylic acids is 1. The molecule has 0 saturated carbocycles. The summed E-state index contributed by atoms with van der Waals surface area (Å²) >= 11 is 0. The molecule has 0 aliphatic carbocycles. The Labute approximate surface area is 180 Å². The molecular formula is C23H32N3O3S+. The van der Waals surface area contributed by atoms with Gasteiger partial charge in [0.05, 0.1) is 31.1 Å². The van der Waals surface area contributed by atoms with Gasteiger partial charge in [0.15, 0.2) is 6.04 Å². The molecule has 30 heavy (non-hydrogen) atoms. The number of hydrogen-bond acceptors (Lipinski definition) is 3. The van der Waals surface area contributed by atoms with Crippen LogP contribution in [0.5, 0.6) is 0 Å². The van der Waals surface area contributed by atoms with E-state index >= 15 is 0 Å². The first-order valence-corrected chi connectivity index (χ1v) is 11.9. The third-order valence-electron chi connectivity index (χ3n) is 6.01. The number of rotatable bonds is 6. The predicted molar refractivity (Wildman–Crippen MR) is 119 cm³/mol. The van der Waals surface area contributed by atoms with Gasteiger partial charge in [-0.05, 0) is 42.7 Å². The number of carbonyl (C=O) groups is 1. The van der Waals surface area contributed by atoms with E-state index in [9.17, 15) is 13.2 Å². The summed E-state index contributed by atoms with van der Waals surface area (Å²) in [5, 5.41) is 0. The highest BCUT2D eigenvalue weighted by molar-refractivity contribution is 7.89. The monoisotopic (exact) mass is 430 g/mol. The van der Waals surface area contributed by atoms with Crippen molar-refractivity contribution in [3.05, 3.63) is 60.2 Å². The van der Waals surface area contributed by atoms with Crippen LogP contribution in [-0.2, 0) is 14.8 Å². The number of amides is 1. The van der Waals surface area contributed by atoms with Crippen LogP contribution in [0, 0.1) is 0 Å². The summed E-state index contributed by atoms with van der Waals surface area (Å²) in [5.74, 6) is 0.402. The van der Waals surface area contributed by atoms with Crippen molar-refractivity contribution < 1.29 is 18.1 Å². The lowest BCUT2D eigenvalue weighted by Gasteiger charge is -2.35. The minimum absolute atomic E-state index is 0.0387. The quantitative estimate of drug-likeness (QED) is 0.760. The molecule has 1 aliphatic rings. The Kier molecular flexibility index (Phi) is 6.95. The third-order valence-corrected chi connectivity index (χ3v) is 7.92. The van der Waals surface area contributed by atoms with Gasteiger partial charge in [-0.15, -0.1) is 0 Å². The Hall–Kier alpha value is -2.22. The van der Waals surface area contributed by atoms with Crippen molar-refractivity contribution in [2.24, 2.45) is 0 Å². The Morgan fingerprint density at radius 3 is 2.07 bits per heavy atom. The standard InChI is InChI=1S/C23H31N3O3S/c1-18(2)20-10-12-22(13-11-20)30(28,29)26-16-14-25(15-17-26)19(3)23(27)24(4)21-8-6-5-7-9-21/h5-13,18-19H,14-17H2,1-4H3/p+1/t19-/m1/s1. The summed E-state index contributed by atoms with van der Waals surface area (Å²) in [4.78, 5) is 16.0. The number of piperazine rings is 1. The van der Waals surface area contributed by atoms with E-state index in [1.807, 2.05) is 49.4 Å². The van der Waals surface area contributed by atoms with Gasteiger partial charge >= 0.3 is 0 Å². The van der Waals surface area contributed by atoms with E-state index in [4.69, 9.17) is 0 Å². The summed E-state index contributed by atoms with van der Waals surface area (Å²) in [7, 11) is -1.72. The molecule has 0 unspecified atom stereocenters. The first-order chi connectivity index (χ1) is 14.2. The van der Waals surface area contributed by atoms with Crippen LogP contribution < -0.4 is 9.80 Å². The minimum Gasteiger partial charge on any atom is -0.323 e. The van der Waals surface area contributed by atoms with Crippen molar-refractivity contribution in [3.63, 3.8) is 0 Å². The maximum Gasteiger partial charge on any atom is 0.284 e. The highest BCUT2D eigenvalue weighted by atomic mass is 32.2. The first-order valence-electron chi connectivity index (χ1n) is 10.5. The molecule has 162 valence electrons. The fourth-order valence-electron chi connectivity index (χ4n) is 3.86. The fraction of sp³-hybridized carbons (Fsp3) is 0.435. The first kappa shape index (κ1) is 22.5. The number of likely N-dealkylation sites (N-methyl/N-ethyl adjacent to an activating group) is 1. The molecule has 1 heterocycles. The van der Waals surface area contributed by atoms with Crippen LogP contribution >= 0.6 is 0 Å². The molecule has 1 fully saturated rings. The van der Waals surface area contributed by atoms with Gasteiger partial charge < -0.3 is 9.80 Å². The lowest BCUT2D eigenvalue weighted by Crippen LogP contribution is -3.19. The van der Waals surface area contributed by atoms with E-state index in [1.165, 1.54) is 0 Å². The summed E-state index contributed by atoms with van der Waals surface area (Å²) in [6, 6.07) is 16.5. The number of quaternary nitrogens is 1. The molecule has 1 N–H and O–H groups in total. The summed E-state index contributed by atoms with van der Waals surface area (Å²) in [5.41, 5.74) is 1.98. The maximum atomic E-state index is 13.0. The molecule has 1 aliphatic heterocycles. The van der Waals surface area contributed by atoms with E-state index < -0.39 is 10.0 Å². The van der Waals surface area contributed by atoms with E-state index in [0.717, 1.165) is 16.2 Å². The lowest BCUT2D eigenvalue weighted by atomic mass is 10.0. The average Bonchev–Trinajstić information content (AvgIpc) is 2.78. The highest BCUT2D eigenvalue weighted by Gasteiger charge is 2.35. The van der Waals surface area contributed by atoms with Crippen LogP contribution in [0.1, 0.15) is 32.3 Å². The SMILES string of the molecule is CC(C)c1ccc(S(=O)(=O)N2CC[NH+]([C@H](C)C(=O)N(C)c3ccccc3)CC2)cc1. The molecule has 0 radical (unpaired) electrons. The Balaban J connectivity index is 1.62. The van der Waals surface area contributed by atoms with E-state index in [0.29, 0.717) is 37.0 Å². The van der Waals surface area contributed by atoms with Crippen molar-refractivity contribution in [3.8, 4) is 0 Å². The zero-order chi connectivity index (χ0) is 21.9. The van der Waals surface area contributed by atoms with Gasteiger partial charge in [-0.3, -0.25) is 4.79 Å². The molecule has 0 bridgehead atoms. The Morgan fingerprint density at radius 1 is 0.967 bits per heavy atom. The minimum atomic E-state index is -3.51. The summed E-state index contributed by atoms with van der Waals surface area (Å²) < 4.78 is 27.6. The average molecular weight is 431 g/mol. The van der Waals surface area contributed by atoms with Gasteiger partial charge in [-0.1, -0.05) is 44.2 Å². The van der Waals surface area contributed by atoms with Crippen molar-refractivity contribution in [2.75, 3.05) is 38.1 Å². The normalized spacial score (nSPS) is 17.1. The second-order valence-electron chi connectivity index (χ2n) is 8.24. The smallest absolute Gasteiger partial charge is 0.284 e. The van der Waals surface area contributed by atoms with Gasteiger partial charge in [0.1, 0.15) is 0 Å². The molecule has 7 heteroatoms. The topological polar surface area (TPSA) is 62.1 Å². The Bertz CT molecular complexity index is 951. The number of benzene rings is 2. The second kappa shape index (κ2) is 9.29. The van der Waals surface area contributed by atoms with E-state index in [1.54, 1.807) is 28.4 Å². The molecule has 0 aromatic heterocycles. The molecule has 1 atom stereocenters. The van der Waals surface area contributed by atoms with Gasteiger partial charge in [-0.2, -0.15) is 4.31 Å². The zero-order valence-corrected chi connectivity index (χ0v) is 19.0. The number of sulfonamides is 1. The lowest BCUT2D eigenvalue weighted by molar-refractivity contribution is -0.917. The van der Waals surface area contributed by atoms with Gasteiger partial charge in [0.25, 0.3) is 5.91 Å². The van der Waals surface area contributed by atoms with Crippen LogP contribution in [-0.4, -0.2) is 57.9 Å². The van der Waals surface area contributed by atoms with Crippen LogP contribution in [0.25, 0.3) is 0 Å². The summed E-state index contributed by atoms with van der Waals surface area (Å²) in [6.07, 6.45) is 0. The molecular weight excluding hydrogens is 398 g/mol. The number of nitrogens with one attached hydrogen (secondary N) is 1. The molecule has 2 aromatic rings. The van der Waals surface area contributed by atoms with Crippen LogP contribution in [0.3, 0.4) is 0 Å². The molecule has 1 amide bonds. The second-order valence-corrected chi connectivity index (χ2v) is 10.2. The molecule has 1 saturated heterocycles. The van der Waals surface area contributed by atoms with Crippen molar-refractivity contribution in [1.29, 1.82) is 0 Å². The van der Waals surface area contributed by atoms with E-state index in [2.05, 4.69) is 13.8 Å². The molecule has 0 spiro atoms. The van der Waals surface area contributed by atoms with Crippen molar-refractivity contribution in [2.45, 2.75) is 37.6 Å². The van der Waals surface area contributed by atoms with Gasteiger partial charge in [0.2, 0.25) is 10.0 Å². The molecule has 3 rings (SSSR count). The van der Waals surface area contributed by atoms with Crippen molar-refractivity contribution in [1.82, 2.24) is 4.31 Å². The number of anilines is 1.